The Hall–Kier alpha value is -2.91. The number of guanidine groups is 1. The summed E-state index contributed by atoms with van der Waals surface area (Å²) in [6.45, 7) is 2.12. The number of piperidine rings is 1. The van der Waals surface area contributed by atoms with Gasteiger partial charge in [0.1, 0.15) is 24.4 Å². The first-order valence-corrected chi connectivity index (χ1v) is 9.72. The number of aliphatic imine (C=N–C) groups is 1. The molecule has 1 aliphatic rings. The number of nitrogens with one attached hydrogen (secondary N) is 2. The molecule has 1 atom stereocenters. The minimum absolute atomic E-state index is 0.167. The lowest BCUT2D eigenvalue weighted by Crippen LogP contribution is -2.51. The van der Waals surface area contributed by atoms with E-state index in [1.54, 1.807) is 16.8 Å². The van der Waals surface area contributed by atoms with Crippen molar-refractivity contribution in [1.82, 2.24) is 25.4 Å². The fourth-order valence-corrected chi connectivity index (χ4v) is 3.29. The zero-order chi connectivity index (χ0) is 20.6. The number of aryl methyl sites for hydroxylation is 1. The predicted octanol–water partition coefficient (Wildman–Crippen LogP) is 2.14. The molecule has 1 unspecified atom stereocenters. The van der Waals surface area contributed by atoms with Gasteiger partial charge in [-0.3, -0.25) is 4.68 Å². The number of anilines is 1. The Morgan fingerprint density at radius 1 is 1.34 bits per heavy atom. The predicted molar refractivity (Wildman–Crippen MR) is 107 cm³/mol. The van der Waals surface area contributed by atoms with E-state index >= 15 is 0 Å². The first-order chi connectivity index (χ1) is 14.0. The molecule has 3 rings (SSSR count). The molecule has 0 radical (unpaired) electrons. The van der Waals surface area contributed by atoms with Crippen molar-refractivity contribution < 1.29 is 13.5 Å². The summed E-state index contributed by atoms with van der Waals surface area (Å²) in [5.74, 6) is 1.70. The largest absolute Gasteiger partial charge is 0.435 e. The lowest BCUT2D eigenvalue weighted by molar-refractivity contribution is -0.0498. The van der Waals surface area contributed by atoms with E-state index in [-0.39, 0.29) is 11.8 Å². The fraction of sp³-hybridized carbons (Fsp3) is 0.526. The van der Waals surface area contributed by atoms with Gasteiger partial charge in [-0.25, -0.2) is 9.98 Å². The highest BCUT2D eigenvalue weighted by Crippen LogP contribution is 2.23. The number of aromatic nitrogens is 3. The monoisotopic (exact) mass is 407 g/mol. The third kappa shape index (κ3) is 6.03. The Balaban J connectivity index is 1.60. The van der Waals surface area contributed by atoms with Gasteiger partial charge in [-0.2, -0.15) is 13.9 Å². The van der Waals surface area contributed by atoms with E-state index < -0.39 is 6.61 Å². The van der Waals surface area contributed by atoms with Crippen molar-refractivity contribution >= 4 is 11.6 Å². The number of alkyl halides is 2. The number of benzene rings is 1. The van der Waals surface area contributed by atoms with Crippen LogP contribution in [0.3, 0.4) is 0 Å². The first kappa shape index (κ1) is 20.8. The van der Waals surface area contributed by atoms with E-state index in [9.17, 15) is 8.78 Å². The van der Waals surface area contributed by atoms with E-state index in [2.05, 4.69) is 35.3 Å². The maximum atomic E-state index is 12.3. The molecule has 158 valence electrons. The van der Waals surface area contributed by atoms with Gasteiger partial charge in [0, 0.05) is 38.4 Å². The Morgan fingerprint density at radius 2 is 2.14 bits per heavy atom. The third-order valence-electron chi connectivity index (χ3n) is 4.72. The van der Waals surface area contributed by atoms with Gasteiger partial charge in [0.05, 0.1) is 0 Å². The smallest absolute Gasteiger partial charge is 0.387 e. The summed E-state index contributed by atoms with van der Waals surface area (Å²) >= 11 is 0. The number of rotatable bonds is 7. The van der Waals surface area contributed by atoms with Crippen molar-refractivity contribution in [1.29, 1.82) is 0 Å². The van der Waals surface area contributed by atoms with Gasteiger partial charge in [0.15, 0.2) is 5.96 Å². The molecule has 1 aliphatic heterocycles. The van der Waals surface area contributed by atoms with Crippen LogP contribution in [0.2, 0.25) is 0 Å². The lowest BCUT2D eigenvalue weighted by Gasteiger charge is -2.35. The quantitative estimate of drug-likeness (QED) is 0.541. The molecule has 1 fully saturated rings. The van der Waals surface area contributed by atoms with E-state index in [1.165, 1.54) is 6.33 Å². The normalized spacial score (nSPS) is 17.5. The van der Waals surface area contributed by atoms with Gasteiger partial charge in [-0.15, -0.1) is 0 Å². The molecule has 8 nitrogen and oxygen atoms in total. The van der Waals surface area contributed by atoms with Crippen LogP contribution in [0.5, 0.6) is 5.75 Å². The number of ether oxygens (including phenoxy) is 1. The second-order valence-electron chi connectivity index (χ2n) is 6.80. The highest BCUT2D eigenvalue weighted by Gasteiger charge is 2.21. The highest BCUT2D eigenvalue weighted by molar-refractivity contribution is 5.80. The molecular formula is C19H27F2N7O. The molecule has 1 aromatic carbocycles. The SMILES string of the molecule is CCNC(=NCc1ncnn1C)NC1CCCN(c2ccc(OC(F)F)cc2)C1. The standard InChI is InChI=1S/C19H27F2N7O/c1-3-22-19(23-11-17-24-13-25-27(17)2)26-14-5-4-10-28(12-14)15-6-8-16(9-7-15)29-18(20)21/h6-9,13-14,18H,3-5,10-12H2,1-2H3,(H2,22,23,26). The number of hydrogen-bond donors (Lipinski definition) is 2. The van der Waals surface area contributed by atoms with Gasteiger partial charge in [0.25, 0.3) is 0 Å². The summed E-state index contributed by atoms with van der Waals surface area (Å²) in [4.78, 5) is 11.0. The van der Waals surface area contributed by atoms with Crippen LogP contribution in [0.15, 0.2) is 35.6 Å². The average molecular weight is 407 g/mol. The topological polar surface area (TPSA) is 79.6 Å². The summed E-state index contributed by atoms with van der Waals surface area (Å²) in [5.41, 5.74) is 0.985. The van der Waals surface area contributed by atoms with Crippen LogP contribution in [0.1, 0.15) is 25.6 Å². The first-order valence-electron chi connectivity index (χ1n) is 9.72. The summed E-state index contributed by atoms with van der Waals surface area (Å²) in [7, 11) is 1.84. The Morgan fingerprint density at radius 3 is 2.79 bits per heavy atom. The van der Waals surface area contributed by atoms with Gasteiger partial charge in [0.2, 0.25) is 0 Å². The molecule has 1 saturated heterocycles. The number of nitrogens with zero attached hydrogens (tertiary/aromatic N) is 5. The average Bonchev–Trinajstić information content (AvgIpc) is 3.11. The molecule has 0 aliphatic carbocycles. The van der Waals surface area contributed by atoms with E-state index in [4.69, 9.17) is 0 Å². The number of hydrogen-bond acceptors (Lipinski definition) is 5. The molecule has 2 N–H and O–H groups in total. The van der Waals surface area contributed by atoms with E-state index in [1.807, 2.05) is 26.1 Å². The fourth-order valence-electron chi connectivity index (χ4n) is 3.29. The van der Waals surface area contributed by atoms with Crippen LogP contribution in [0.25, 0.3) is 0 Å². The molecule has 0 saturated carbocycles. The van der Waals surface area contributed by atoms with Gasteiger partial charge >= 0.3 is 6.61 Å². The summed E-state index contributed by atoms with van der Waals surface area (Å²) < 4.78 is 30.8. The van der Waals surface area contributed by atoms with E-state index in [0.717, 1.165) is 49.9 Å². The second kappa shape index (κ2) is 10.0. The van der Waals surface area contributed by atoms with Crippen molar-refractivity contribution in [3.8, 4) is 5.75 Å². The van der Waals surface area contributed by atoms with Crippen LogP contribution >= 0.6 is 0 Å². The number of halogens is 2. The van der Waals surface area contributed by atoms with Crippen LogP contribution in [0.4, 0.5) is 14.5 Å². The summed E-state index contributed by atoms with van der Waals surface area (Å²) in [6, 6.07) is 7.00. The minimum atomic E-state index is -2.81. The molecule has 10 heteroatoms. The molecule has 0 bridgehead atoms. The molecule has 0 amide bonds. The second-order valence-corrected chi connectivity index (χ2v) is 6.80. The minimum Gasteiger partial charge on any atom is -0.435 e. The molecule has 29 heavy (non-hydrogen) atoms. The maximum Gasteiger partial charge on any atom is 0.387 e. The third-order valence-corrected chi connectivity index (χ3v) is 4.72. The highest BCUT2D eigenvalue weighted by atomic mass is 19.3. The molecule has 1 aromatic heterocycles. The maximum absolute atomic E-state index is 12.3. The lowest BCUT2D eigenvalue weighted by atomic mass is 10.0. The Bertz CT molecular complexity index is 794. The van der Waals surface area contributed by atoms with Gasteiger partial charge in [-0.1, -0.05) is 0 Å². The van der Waals surface area contributed by atoms with Crippen molar-refractivity contribution in [2.45, 2.75) is 39.0 Å². The zero-order valence-corrected chi connectivity index (χ0v) is 16.7. The Kier molecular flexibility index (Phi) is 7.20. The van der Waals surface area contributed by atoms with Crippen molar-refractivity contribution in [3.05, 3.63) is 36.4 Å². The van der Waals surface area contributed by atoms with Crippen LogP contribution < -0.4 is 20.3 Å². The molecule has 2 aromatic rings. The Labute approximate surface area is 169 Å². The van der Waals surface area contributed by atoms with E-state index in [0.29, 0.717) is 6.54 Å². The van der Waals surface area contributed by atoms with Crippen LogP contribution in [-0.2, 0) is 13.6 Å². The van der Waals surface area contributed by atoms with Crippen molar-refractivity contribution in [2.75, 3.05) is 24.5 Å². The van der Waals surface area contributed by atoms with Gasteiger partial charge < -0.3 is 20.3 Å². The molecule has 0 spiro atoms. The summed E-state index contributed by atoms with van der Waals surface area (Å²) in [5, 5.41) is 10.8. The molecule has 2 heterocycles. The van der Waals surface area contributed by atoms with Crippen molar-refractivity contribution in [2.24, 2.45) is 12.0 Å². The van der Waals surface area contributed by atoms with Crippen LogP contribution in [-0.4, -0.2) is 53.0 Å². The van der Waals surface area contributed by atoms with Crippen LogP contribution in [0, 0.1) is 0 Å². The summed E-state index contributed by atoms with van der Waals surface area (Å²) in [6.07, 6.45) is 3.56. The van der Waals surface area contributed by atoms with Gasteiger partial charge in [-0.05, 0) is 44.0 Å². The molecular weight excluding hydrogens is 380 g/mol. The van der Waals surface area contributed by atoms with Crippen molar-refractivity contribution in [3.63, 3.8) is 0 Å². The zero-order valence-electron chi connectivity index (χ0n) is 16.7.